The maximum Gasteiger partial charge on any atom is 0.406 e. The summed E-state index contributed by atoms with van der Waals surface area (Å²) in [5.41, 5.74) is -2.72. The van der Waals surface area contributed by atoms with Crippen molar-refractivity contribution < 1.29 is 22.8 Å². The molecule has 1 aliphatic heterocycles. The van der Waals surface area contributed by atoms with Gasteiger partial charge in [0.05, 0.1) is 0 Å². The third kappa shape index (κ3) is 2.69. The van der Waals surface area contributed by atoms with Gasteiger partial charge in [-0.2, -0.15) is 13.2 Å². The highest BCUT2D eigenvalue weighted by Crippen LogP contribution is 2.34. The Morgan fingerprint density at radius 2 is 1.63 bits per heavy atom. The third-order valence-electron chi connectivity index (χ3n) is 3.65. The third-order valence-corrected chi connectivity index (χ3v) is 3.65. The van der Waals surface area contributed by atoms with E-state index in [9.17, 15) is 22.8 Å². The Hall–Kier alpha value is -1.27. The average molecular weight is 280 g/mol. The van der Waals surface area contributed by atoms with Crippen LogP contribution in [0.3, 0.4) is 0 Å². The zero-order valence-electron chi connectivity index (χ0n) is 11.5. The largest absolute Gasteiger partial charge is 0.406 e. The van der Waals surface area contributed by atoms with Gasteiger partial charge < -0.3 is 10.2 Å². The normalized spacial score (nSPS) is 22.4. The van der Waals surface area contributed by atoms with E-state index in [1.807, 2.05) is 0 Å². The van der Waals surface area contributed by atoms with Gasteiger partial charge in [0, 0.05) is 0 Å². The molecule has 1 fully saturated rings. The topological polar surface area (TPSA) is 49.4 Å². The monoisotopic (exact) mass is 280 g/mol. The van der Waals surface area contributed by atoms with Crippen molar-refractivity contribution in [1.82, 2.24) is 10.2 Å². The molecule has 1 saturated heterocycles. The number of alkyl halides is 3. The first-order valence-corrected chi connectivity index (χ1v) is 6.21. The van der Waals surface area contributed by atoms with Gasteiger partial charge in [-0.25, -0.2) is 0 Å². The number of halogens is 3. The van der Waals surface area contributed by atoms with E-state index in [0.717, 1.165) is 0 Å². The van der Waals surface area contributed by atoms with Crippen LogP contribution < -0.4 is 5.32 Å². The molecule has 19 heavy (non-hydrogen) atoms. The molecule has 4 nitrogen and oxygen atoms in total. The summed E-state index contributed by atoms with van der Waals surface area (Å²) in [6, 6.07) is 0. The van der Waals surface area contributed by atoms with E-state index < -0.39 is 35.6 Å². The van der Waals surface area contributed by atoms with Crippen molar-refractivity contribution in [3.8, 4) is 0 Å². The van der Waals surface area contributed by atoms with Gasteiger partial charge in [-0.3, -0.25) is 9.59 Å². The maximum absolute atomic E-state index is 12.7. The van der Waals surface area contributed by atoms with Gasteiger partial charge in [-0.15, -0.1) is 0 Å². The van der Waals surface area contributed by atoms with Crippen molar-refractivity contribution >= 4 is 11.8 Å². The Bertz CT molecular complexity index is 387. The number of hydrogen-bond acceptors (Lipinski definition) is 2. The van der Waals surface area contributed by atoms with E-state index in [4.69, 9.17) is 0 Å². The number of piperazine rings is 1. The molecule has 0 aromatic rings. The van der Waals surface area contributed by atoms with Crippen molar-refractivity contribution in [2.24, 2.45) is 0 Å². The first kappa shape index (κ1) is 15.8. The Labute approximate surface area is 110 Å². The number of carbonyl (C=O) groups is 2. The minimum Gasteiger partial charge on any atom is -0.340 e. The predicted molar refractivity (Wildman–Crippen MR) is 63.3 cm³/mol. The lowest BCUT2D eigenvalue weighted by atomic mass is 9.83. The highest BCUT2D eigenvalue weighted by atomic mass is 19.4. The van der Waals surface area contributed by atoms with Crippen LogP contribution in [0.15, 0.2) is 0 Å². The summed E-state index contributed by atoms with van der Waals surface area (Å²) in [5, 5.41) is 2.52. The van der Waals surface area contributed by atoms with Crippen LogP contribution in [0.4, 0.5) is 13.2 Å². The van der Waals surface area contributed by atoms with Gasteiger partial charge in [0.25, 0.3) is 0 Å². The fourth-order valence-electron chi connectivity index (χ4n) is 2.46. The van der Waals surface area contributed by atoms with Crippen LogP contribution in [0.5, 0.6) is 0 Å². The molecule has 0 unspecified atom stereocenters. The van der Waals surface area contributed by atoms with Gasteiger partial charge in [0.1, 0.15) is 17.6 Å². The van der Waals surface area contributed by atoms with Crippen molar-refractivity contribution in [3.05, 3.63) is 0 Å². The molecule has 110 valence electrons. The molecule has 1 rings (SSSR count). The van der Waals surface area contributed by atoms with E-state index in [1.165, 1.54) is 13.8 Å². The fourth-order valence-corrected chi connectivity index (χ4v) is 2.46. The molecule has 7 heteroatoms. The van der Waals surface area contributed by atoms with Crippen molar-refractivity contribution in [2.45, 2.75) is 57.8 Å². The van der Waals surface area contributed by atoms with Crippen LogP contribution in [-0.4, -0.2) is 40.5 Å². The summed E-state index contributed by atoms with van der Waals surface area (Å²) >= 11 is 0. The lowest BCUT2D eigenvalue weighted by Crippen LogP contribution is -2.74. The van der Waals surface area contributed by atoms with E-state index in [1.54, 1.807) is 13.8 Å². The Morgan fingerprint density at radius 1 is 1.16 bits per heavy atom. The van der Waals surface area contributed by atoms with Crippen molar-refractivity contribution in [3.63, 3.8) is 0 Å². The quantitative estimate of drug-likeness (QED) is 0.857. The summed E-state index contributed by atoms with van der Waals surface area (Å²) in [6.07, 6.45) is -4.24. The summed E-state index contributed by atoms with van der Waals surface area (Å²) in [6.45, 7) is 4.64. The number of amides is 2. The minimum atomic E-state index is -4.53. The lowest BCUT2D eigenvalue weighted by Gasteiger charge is -2.50. The molecule has 0 aliphatic carbocycles. The highest BCUT2D eigenvalue weighted by Gasteiger charge is 2.55. The zero-order valence-corrected chi connectivity index (χ0v) is 11.5. The number of hydrogen-bond donors (Lipinski definition) is 1. The number of carbonyl (C=O) groups excluding carboxylic acids is 2. The van der Waals surface area contributed by atoms with Crippen LogP contribution in [0.1, 0.15) is 40.5 Å². The average Bonchev–Trinajstić information content (AvgIpc) is 2.25. The number of nitrogens with zero attached hydrogens (tertiary/aromatic N) is 1. The lowest BCUT2D eigenvalue weighted by molar-refractivity contribution is -0.187. The zero-order chi connectivity index (χ0) is 15.1. The van der Waals surface area contributed by atoms with E-state index in [2.05, 4.69) is 5.32 Å². The molecule has 0 spiro atoms. The molecule has 0 aromatic carbocycles. The molecule has 0 bridgehead atoms. The summed E-state index contributed by atoms with van der Waals surface area (Å²) in [5.74, 6) is -1.22. The second kappa shape index (κ2) is 4.68. The second-order valence-electron chi connectivity index (χ2n) is 5.32. The molecular weight excluding hydrogens is 261 g/mol. The van der Waals surface area contributed by atoms with Gasteiger partial charge in [0.2, 0.25) is 11.8 Å². The summed E-state index contributed by atoms with van der Waals surface area (Å²) < 4.78 is 38.0. The van der Waals surface area contributed by atoms with E-state index >= 15 is 0 Å². The first-order chi connectivity index (χ1) is 8.50. The van der Waals surface area contributed by atoms with Crippen molar-refractivity contribution in [1.29, 1.82) is 0 Å². The Kier molecular flexibility index (Phi) is 3.89. The molecular formula is C12H19F3N2O2. The van der Waals surface area contributed by atoms with Gasteiger partial charge >= 0.3 is 6.18 Å². The molecule has 1 heterocycles. The van der Waals surface area contributed by atoms with Crippen LogP contribution in [0, 0.1) is 0 Å². The minimum absolute atomic E-state index is 0.146. The van der Waals surface area contributed by atoms with Crippen LogP contribution in [0.25, 0.3) is 0 Å². The Morgan fingerprint density at radius 3 is 2.00 bits per heavy atom. The SMILES string of the molecule is CCC1(CC)C(=O)NC(C)(C)C(=O)N1CC(F)(F)F. The second-order valence-corrected chi connectivity index (χ2v) is 5.32. The number of nitrogens with one attached hydrogen (secondary N) is 1. The maximum atomic E-state index is 12.7. The van der Waals surface area contributed by atoms with Crippen LogP contribution in [0.2, 0.25) is 0 Å². The fraction of sp³-hybridized carbons (Fsp3) is 0.833. The first-order valence-electron chi connectivity index (χ1n) is 6.21. The smallest absolute Gasteiger partial charge is 0.340 e. The standard InChI is InChI=1S/C12H19F3N2O2/c1-5-11(6-2)8(18)16-10(3,4)9(19)17(11)7-12(13,14)15/h5-7H2,1-4H3,(H,16,18). The molecule has 0 saturated carbocycles. The molecule has 0 atom stereocenters. The summed E-state index contributed by atoms with van der Waals surface area (Å²) in [7, 11) is 0. The molecule has 1 aliphatic rings. The van der Waals surface area contributed by atoms with Crippen LogP contribution in [-0.2, 0) is 9.59 Å². The van der Waals surface area contributed by atoms with E-state index in [-0.39, 0.29) is 12.8 Å². The van der Waals surface area contributed by atoms with Gasteiger partial charge in [-0.05, 0) is 26.7 Å². The van der Waals surface area contributed by atoms with Crippen LogP contribution >= 0.6 is 0 Å². The number of rotatable bonds is 3. The van der Waals surface area contributed by atoms with Gasteiger partial charge in [-0.1, -0.05) is 13.8 Å². The molecule has 0 radical (unpaired) electrons. The Balaban J connectivity index is 3.27. The predicted octanol–water partition coefficient (Wildman–Crippen LogP) is 1.84. The van der Waals surface area contributed by atoms with Gasteiger partial charge in [0.15, 0.2) is 0 Å². The molecule has 1 N–H and O–H groups in total. The molecule has 2 amide bonds. The highest BCUT2D eigenvalue weighted by molar-refractivity contribution is 6.01. The van der Waals surface area contributed by atoms with E-state index in [0.29, 0.717) is 4.90 Å². The van der Waals surface area contributed by atoms with Crippen molar-refractivity contribution in [2.75, 3.05) is 6.54 Å². The summed E-state index contributed by atoms with van der Waals surface area (Å²) in [4.78, 5) is 25.1. The molecule has 0 aromatic heterocycles.